The number of pyridine rings is 1. The van der Waals surface area contributed by atoms with E-state index in [4.69, 9.17) is 9.29 Å². The summed E-state index contributed by atoms with van der Waals surface area (Å²) >= 11 is -1.95. The number of nitrogens with zero attached hydrogens (tertiary/aromatic N) is 1. The first-order valence-electron chi connectivity index (χ1n) is 4.55. The first-order chi connectivity index (χ1) is 7.75. The van der Waals surface area contributed by atoms with Crippen LogP contribution >= 0.6 is 0 Å². The standard InChI is InChI=1S/C11H9NO3S/c13-16(14)10-6-4-9(5-7-10)15-11-3-1-2-8-12-11/h1-8H,(H,13,14). The van der Waals surface area contributed by atoms with Crippen LogP contribution in [0, 0.1) is 0 Å². The largest absolute Gasteiger partial charge is 0.439 e. The summed E-state index contributed by atoms with van der Waals surface area (Å²) < 4.78 is 25.0. The van der Waals surface area contributed by atoms with Gasteiger partial charge in [-0.1, -0.05) is 6.07 Å². The first kappa shape index (κ1) is 10.8. The average molecular weight is 235 g/mol. The van der Waals surface area contributed by atoms with E-state index in [1.807, 2.05) is 6.07 Å². The number of benzene rings is 1. The third-order valence-electron chi connectivity index (χ3n) is 1.89. The Hall–Kier alpha value is -1.72. The van der Waals surface area contributed by atoms with Crippen LogP contribution in [0.4, 0.5) is 0 Å². The van der Waals surface area contributed by atoms with Crippen LogP contribution in [0.15, 0.2) is 53.6 Å². The summed E-state index contributed by atoms with van der Waals surface area (Å²) in [7, 11) is 0. The van der Waals surface area contributed by atoms with Crippen molar-refractivity contribution in [2.75, 3.05) is 0 Å². The summed E-state index contributed by atoms with van der Waals surface area (Å²) in [6.07, 6.45) is 1.63. The highest BCUT2D eigenvalue weighted by Gasteiger charge is 2.01. The van der Waals surface area contributed by atoms with Gasteiger partial charge >= 0.3 is 0 Å². The Bertz CT molecular complexity index is 484. The molecule has 0 bridgehead atoms. The Morgan fingerprint density at radius 2 is 1.88 bits per heavy atom. The molecule has 0 saturated heterocycles. The minimum absolute atomic E-state index is 0.341. The Morgan fingerprint density at radius 1 is 1.12 bits per heavy atom. The Morgan fingerprint density at radius 3 is 2.44 bits per heavy atom. The third-order valence-corrected chi connectivity index (χ3v) is 2.56. The van der Waals surface area contributed by atoms with E-state index in [9.17, 15) is 4.21 Å². The summed E-state index contributed by atoms with van der Waals surface area (Å²) in [5.74, 6) is 1.06. The molecule has 0 aliphatic heterocycles. The van der Waals surface area contributed by atoms with Gasteiger partial charge in [0.2, 0.25) is 5.88 Å². The Labute approximate surface area is 95.2 Å². The molecule has 82 valence electrons. The highest BCUT2D eigenvalue weighted by molar-refractivity contribution is 7.79. The molecule has 5 heteroatoms. The van der Waals surface area contributed by atoms with Crippen LogP contribution in [0.25, 0.3) is 0 Å². The highest BCUT2D eigenvalue weighted by atomic mass is 32.2. The van der Waals surface area contributed by atoms with Gasteiger partial charge in [0.15, 0.2) is 11.1 Å². The number of hydrogen-bond donors (Lipinski definition) is 1. The summed E-state index contributed by atoms with van der Waals surface area (Å²) in [6, 6.07) is 11.7. The minimum atomic E-state index is -1.95. The summed E-state index contributed by atoms with van der Waals surface area (Å²) in [5.41, 5.74) is 0. The molecule has 1 atom stereocenters. The van der Waals surface area contributed by atoms with Crippen LogP contribution < -0.4 is 4.74 Å². The fourth-order valence-corrected chi connectivity index (χ4v) is 1.52. The molecule has 1 aromatic carbocycles. The van der Waals surface area contributed by atoms with Crippen LogP contribution in [0.2, 0.25) is 0 Å². The zero-order chi connectivity index (χ0) is 11.4. The fourth-order valence-electron chi connectivity index (χ4n) is 1.15. The zero-order valence-electron chi connectivity index (χ0n) is 8.24. The number of ether oxygens (including phenoxy) is 1. The monoisotopic (exact) mass is 235 g/mol. The predicted octanol–water partition coefficient (Wildman–Crippen LogP) is 2.45. The van der Waals surface area contributed by atoms with Crippen molar-refractivity contribution >= 4 is 11.1 Å². The lowest BCUT2D eigenvalue weighted by molar-refractivity contribution is 0.462. The van der Waals surface area contributed by atoms with Gasteiger partial charge in [0.25, 0.3) is 0 Å². The first-order valence-corrected chi connectivity index (χ1v) is 5.66. The molecule has 2 rings (SSSR count). The molecule has 1 aromatic heterocycles. The summed E-state index contributed by atoms with van der Waals surface area (Å²) in [6.45, 7) is 0. The fraction of sp³-hybridized carbons (Fsp3) is 0. The number of rotatable bonds is 3. The van der Waals surface area contributed by atoms with Gasteiger partial charge in [0.05, 0.1) is 4.90 Å². The maximum Gasteiger partial charge on any atom is 0.219 e. The molecule has 1 heterocycles. The minimum Gasteiger partial charge on any atom is -0.439 e. The van der Waals surface area contributed by atoms with Crippen LogP contribution in [0.3, 0.4) is 0 Å². The van der Waals surface area contributed by atoms with Gasteiger partial charge < -0.3 is 9.29 Å². The molecule has 1 unspecified atom stereocenters. The van der Waals surface area contributed by atoms with Crippen molar-refractivity contribution in [3.05, 3.63) is 48.7 Å². The quantitative estimate of drug-likeness (QED) is 0.830. The van der Waals surface area contributed by atoms with Gasteiger partial charge in [-0.25, -0.2) is 9.19 Å². The number of aromatic nitrogens is 1. The maximum atomic E-state index is 10.7. The molecular weight excluding hydrogens is 226 g/mol. The second-order valence-corrected chi connectivity index (χ2v) is 3.96. The molecule has 16 heavy (non-hydrogen) atoms. The van der Waals surface area contributed by atoms with Crippen molar-refractivity contribution in [3.8, 4) is 11.6 Å². The van der Waals surface area contributed by atoms with Crippen molar-refractivity contribution in [2.24, 2.45) is 0 Å². The highest BCUT2D eigenvalue weighted by Crippen LogP contribution is 2.19. The molecule has 0 spiro atoms. The molecule has 0 aliphatic carbocycles. The van der Waals surface area contributed by atoms with Gasteiger partial charge in [0.1, 0.15) is 5.75 Å². The van der Waals surface area contributed by atoms with Gasteiger partial charge in [-0.2, -0.15) is 0 Å². The van der Waals surface area contributed by atoms with Crippen LogP contribution in [0.1, 0.15) is 0 Å². The Kier molecular flexibility index (Phi) is 3.28. The lowest BCUT2D eigenvalue weighted by atomic mass is 10.3. The molecular formula is C11H9NO3S. The van der Waals surface area contributed by atoms with Crippen molar-refractivity contribution in [2.45, 2.75) is 4.90 Å². The van der Waals surface area contributed by atoms with E-state index in [1.165, 1.54) is 12.1 Å². The van der Waals surface area contributed by atoms with Crippen molar-refractivity contribution in [1.82, 2.24) is 4.98 Å². The molecule has 2 aromatic rings. The topological polar surface area (TPSA) is 59.4 Å². The van der Waals surface area contributed by atoms with Crippen molar-refractivity contribution in [1.29, 1.82) is 0 Å². The molecule has 4 nitrogen and oxygen atoms in total. The van der Waals surface area contributed by atoms with Crippen molar-refractivity contribution in [3.63, 3.8) is 0 Å². The summed E-state index contributed by atoms with van der Waals surface area (Å²) in [5, 5.41) is 0. The lowest BCUT2D eigenvalue weighted by Crippen LogP contribution is -1.89. The SMILES string of the molecule is O=S(O)c1ccc(Oc2ccccn2)cc1. The third kappa shape index (κ3) is 2.65. The molecule has 0 radical (unpaired) electrons. The predicted molar refractivity (Wildman–Crippen MR) is 59.8 cm³/mol. The number of hydrogen-bond acceptors (Lipinski definition) is 3. The van der Waals surface area contributed by atoms with Gasteiger partial charge in [0, 0.05) is 12.3 Å². The lowest BCUT2D eigenvalue weighted by Gasteiger charge is -2.03. The second kappa shape index (κ2) is 4.87. The van der Waals surface area contributed by atoms with E-state index in [0.717, 1.165) is 0 Å². The molecule has 0 saturated carbocycles. The van der Waals surface area contributed by atoms with E-state index < -0.39 is 11.1 Å². The van der Waals surface area contributed by atoms with Crippen molar-refractivity contribution < 1.29 is 13.5 Å². The smallest absolute Gasteiger partial charge is 0.219 e. The molecule has 1 N–H and O–H groups in total. The molecule has 0 aliphatic rings. The average Bonchev–Trinajstić information content (AvgIpc) is 2.31. The van der Waals surface area contributed by atoms with E-state index in [0.29, 0.717) is 16.5 Å². The zero-order valence-corrected chi connectivity index (χ0v) is 9.05. The van der Waals surface area contributed by atoms with Gasteiger partial charge in [-0.05, 0) is 30.3 Å². The van der Waals surface area contributed by atoms with Crippen LogP contribution in [-0.2, 0) is 11.1 Å². The van der Waals surface area contributed by atoms with Gasteiger partial charge in [-0.15, -0.1) is 0 Å². The van der Waals surface area contributed by atoms with E-state index in [-0.39, 0.29) is 0 Å². The summed E-state index contributed by atoms with van der Waals surface area (Å²) in [4.78, 5) is 4.34. The van der Waals surface area contributed by atoms with E-state index in [2.05, 4.69) is 4.98 Å². The maximum absolute atomic E-state index is 10.7. The van der Waals surface area contributed by atoms with E-state index in [1.54, 1.807) is 30.5 Å². The normalized spacial score (nSPS) is 12.1. The molecule has 0 amide bonds. The van der Waals surface area contributed by atoms with Crippen LogP contribution in [0.5, 0.6) is 11.6 Å². The Balaban J connectivity index is 2.14. The van der Waals surface area contributed by atoms with Gasteiger partial charge in [-0.3, -0.25) is 0 Å². The molecule has 0 fully saturated rings. The van der Waals surface area contributed by atoms with E-state index >= 15 is 0 Å². The van der Waals surface area contributed by atoms with Crippen LogP contribution in [-0.4, -0.2) is 13.7 Å². The second-order valence-electron chi connectivity index (χ2n) is 2.99.